The van der Waals surface area contributed by atoms with E-state index in [2.05, 4.69) is 30.2 Å². The van der Waals surface area contributed by atoms with Crippen molar-refractivity contribution >= 4 is 35.5 Å². The predicted octanol–water partition coefficient (Wildman–Crippen LogP) is 1.15. The van der Waals surface area contributed by atoms with Crippen LogP contribution in [0.1, 0.15) is 18.9 Å². The van der Waals surface area contributed by atoms with Gasteiger partial charge < -0.3 is 25.5 Å². The highest BCUT2D eigenvalue weighted by Gasteiger charge is 2.24. The van der Waals surface area contributed by atoms with Crippen molar-refractivity contribution in [3.63, 3.8) is 0 Å². The van der Waals surface area contributed by atoms with E-state index in [-0.39, 0.29) is 23.6 Å². The van der Waals surface area contributed by atoms with Gasteiger partial charge in [0.15, 0.2) is 17.0 Å². The normalized spacial score (nSPS) is 13.6. The molecular formula is C19H29N8O2P. The molecule has 3 aromatic heterocycles. The molecule has 0 fully saturated rings. The average Bonchev–Trinajstić information content (AvgIpc) is 2.99. The van der Waals surface area contributed by atoms with Crippen LogP contribution in [0.15, 0.2) is 23.1 Å². The third kappa shape index (κ3) is 4.88. The van der Waals surface area contributed by atoms with Crippen LogP contribution >= 0.6 is 7.14 Å². The molecule has 0 aliphatic carbocycles. The van der Waals surface area contributed by atoms with Gasteiger partial charge in [-0.25, -0.2) is 19.7 Å². The predicted molar refractivity (Wildman–Crippen MR) is 121 cm³/mol. The van der Waals surface area contributed by atoms with Gasteiger partial charge in [0, 0.05) is 25.4 Å². The molecule has 0 bridgehead atoms. The van der Waals surface area contributed by atoms with Crippen LogP contribution in [-0.2, 0) is 11.1 Å². The molecule has 0 amide bonds. The van der Waals surface area contributed by atoms with E-state index >= 15 is 0 Å². The summed E-state index contributed by atoms with van der Waals surface area (Å²) in [4.78, 5) is 30.4. The van der Waals surface area contributed by atoms with E-state index in [0.29, 0.717) is 17.3 Å². The van der Waals surface area contributed by atoms with Crippen molar-refractivity contribution in [2.45, 2.75) is 19.9 Å². The number of nitrogen functional groups attached to an aromatic ring is 1. The van der Waals surface area contributed by atoms with Crippen molar-refractivity contribution in [3.8, 4) is 0 Å². The maximum Gasteiger partial charge on any atom is 0.328 e. The number of hydrogen-bond donors (Lipinski definition) is 3. The van der Waals surface area contributed by atoms with E-state index in [0.717, 1.165) is 30.9 Å². The molecule has 3 aromatic rings. The van der Waals surface area contributed by atoms with Crippen LogP contribution in [0, 0.1) is 0 Å². The Morgan fingerprint density at radius 1 is 1.30 bits per heavy atom. The smallest absolute Gasteiger partial charge is 0.328 e. The number of hydrogen-bond acceptors (Lipinski definition) is 8. The minimum Gasteiger partial charge on any atom is -0.382 e. The first-order valence-corrected chi connectivity index (χ1v) is 12.2. The monoisotopic (exact) mass is 432 g/mol. The summed E-state index contributed by atoms with van der Waals surface area (Å²) in [6.45, 7) is 5.56. The van der Waals surface area contributed by atoms with Crippen molar-refractivity contribution in [3.05, 3.63) is 34.4 Å². The summed E-state index contributed by atoms with van der Waals surface area (Å²) in [5.74, 6) is 0.898. The summed E-state index contributed by atoms with van der Waals surface area (Å²) >= 11 is 0. The summed E-state index contributed by atoms with van der Waals surface area (Å²) in [5.41, 5.74) is 7.44. The van der Waals surface area contributed by atoms with Gasteiger partial charge in [0.25, 0.3) is 0 Å². The number of anilines is 2. The van der Waals surface area contributed by atoms with E-state index in [9.17, 15) is 9.36 Å². The highest BCUT2D eigenvalue weighted by atomic mass is 31.2. The summed E-state index contributed by atoms with van der Waals surface area (Å²) in [6.07, 6.45) is 2.95. The number of aromatic nitrogens is 5. The van der Waals surface area contributed by atoms with E-state index in [1.165, 1.54) is 4.57 Å². The van der Waals surface area contributed by atoms with Gasteiger partial charge >= 0.3 is 5.69 Å². The molecule has 0 saturated heterocycles. The number of nitrogens with one attached hydrogen (secondary N) is 2. The van der Waals surface area contributed by atoms with E-state index in [4.69, 9.17) is 5.73 Å². The molecule has 30 heavy (non-hydrogen) atoms. The van der Waals surface area contributed by atoms with Crippen molar-refractivity contribution < 1.29 is 4.57 Å². The molecule has 11 heteroatoms. The highest BCUT2D eigenvalue weighted by molar-refractivity contribution is 7.70. The van der Waals surface area contributed by atoms with Crippen LogP contribution in [0.3, 0.4) is 0 Å². The second-order valence-electron chi connectivity index (χ2n) is 7.73. The fourth-order valence-corrected chi connectivity index (χ4v) is 4.82. The van der Waals surface area contributed by atoms with Gasteiger partial charge in [-0.05, 0) is 38.8 Å². The molecule has 0 radical (unpaired) electrons. The standard InChI is InChI=1S/C19H29N8O2P/c1-5-10-30(4,29)18-24-16(20)15-17(25-18)27(19(28)23-15)12-13-6-7-14(22-11-13)21-8-9-26(2)3/h6-7,11H,5,8-10,12H2,1-4H3,(H,21,22)(H,23,28)(H2,20,24,25)/t30-/m0/s1. The first kappa shape index (κ1) is 22.0. The molecule has 0 aliphatic rings. The molecule has 0 aromatic carbocycles. The molecule has 4 N–H and O–H groups in total. The SMILES string of the molecule is CCC[P@](C)(=O)c1nc(N)c2[nH]c(=O)n(Cc3ccc(NCCN(C)C)nc3)c2n1. The Morgan fingerprint density at radius 2 is 2.07 bits per heavy atom. The summed E-state index contributed by atoms with van der Waals surface area (Å²) < 4.78 is 14.4. The van der Waals surface area contributed by atoms with E-state index in [1.807, 2.05) is 33.2 Å². The number of pyridine rings is 1. The summed E-state index contributed by atoms with van der Waals surface area (Å²) in [5, 5.41) is 3.25. The van der Waals surface area contributed by atoms with Gasteiger partial charge in [0.05, 0.1) is 6.54 Å². The van der Waals surface area contributed by atoms with Crippen LogP contribution in [-0.4, -0.2) is 69.4 Å². The second kappa shape index (κ2) is 8.97. The van der Waals surface area contributed by atoms with Gasteiger partial charge in [0.2, 0.25) is 0 Å². The van der Waals surface area contributed by atoms with Crippen LogP contribution in [0.2, 0.25) is 0 Å². The van der Waals surface area contributed by atoms with Crippen LogP contribution < -0.4 is 22.3 Å². The van der Waals surface area contributed by atoms with E-state index in [1.54, 1.807) is 12.9 Å². The molecule has 3 heterocycles. The van der Waals surface area contributed by atoms with Crippen molar-refractivity contribution in [1.82, 2.24) is 29.4 Å². The Balaban J connectivity index is 1.89. The molecule has 0 unspecified atom stereocenters. The Hall–Kier alpha value is -2.71. The zero-order chi connectivity index (χ0) is 21.9. The first-order chi connectivity index (χ1) is 14.2. The Kier molecular flexibility index (Phi) is 6.58. The maximum absolute atomic E-state index is 13.0. The van der Waals surface area contributed by atoms with Gasteiger partial charge in [-0.2, -0.15) is 0 Å². The van der Waals surface area contributed by atoms with Crippen molar-refractivity contribution in [1.29, 1.82) is 0 Å². The number of fused-ring (bicyclic) bond motifs is 1. The van der Waals surface area contributed by atoms with Gasteiger partial charge in [-0.15, -0.1) is 0 Å². The largest absolute Gasteiger partial charge is 0.382 e. The Morgan fingerprint density at radius 3 is 2.70 bits per heavy atom. The fraction of sp³-hybridized carbons (Fsp3) is 0.474. The molecule has 10 nitrogen and oxygen atoms in total. The third-order valence-electron chi connectivity index (χ3n) is 4.74. The highest BCUT2D eigenvalue weighted by Crippen LogP contribution is 2.39. The zero-order valence-corrected chi connectivity index (χ0v) is 18.7. The molecular weight excluding hydrogens is 403 g/mol. The number of aromatic amines is 1. The van der Waals surface area contributed by atoms with Gasteiger partial charge in [-0.3, -0.25) is 4.57 Å². The molecule has 162 valence electrons. The lowest BCUT2D eigenvalue weighted by molar-refractivity contribution is 0.425. The lowest BCUT2D eigenvalue weighted by atomic mass is 10.3. The zero-order valence-electron chi connectivity index (χ0n) is 17.8. The Labute approximate surface area is 175 Å². The maximum atomic E-state index is 13.0. The number of nitrogens with zero attached hydrogens (tertiary/aromatic N) is 5. The molecule has 0 spiro atoms. The number of likely N-dealkylation sites (N-methyl/N-ethyl adjacent to an activating group) is 1. The molecule has 3 rings (SSSR count). The second-order valence-corrected chi connectivity index (χ2v) is 10.8. The van der Waals surface area contributed by atoms with Gasteiger partial charge in [-0.1, -0.05) is 13.0 Å². The first-order valence-electron chi connectivity index (χ1n) is 9.88. The average molecular weight is 432 g/mol. The minimum atomic E-state index is -2.75. The third-order valence-corrected chi connectivity index (χ3v) is 7.09. The topological polar surface area (TPSA) is 135 Å². The number of nitrogens with two attached hydrogens (primary N) is 1. The van der Waals surface area contributed by atoms with E-state index < -0.39 is 7.14 Å². The molecule has 0 saturated carbocycles. The fourth-order valence-electron chi connectivity index (χ4n) is 3.14. The number of imidazole rings is 1. The molecule has 0 aliphatic heterocycles. The molecule has 1 atom stereocenters. The quantitative estimate of drug-likeness (QED) is 0.429. The number of rotatable bonds is 9. The lowest BCUT2D eigenvalue weighted by Crippen LogP contribution is -2.21. The van der Waals surface area contributed by atoms with Crippen LogP contribution in [0.4, 0.5) is 11.6 Å². The lowest BCUT2D eigenvalue weighted by Gasteiger charge is -2.12. The van der Waals surface area contributed by atoms with Crippen molar-refractivity contribution in [2.24, 2.45) is 0 Å². The van der Waals surface area contributed by atoms with Crippen LogP contribution in [0.5, 0.6) is 0 Å². The Bertz CT molecular complexity index is 1120. The minimum absolute atomic E-state index is 0.127. The number of H-pyrrole nitrogens is 1. The summed E-state index contributed by atoms with van der Waals surface area (Å²) in [6, 6.07) is 3.78. The van der Waals surface area contributed by atoms with Gasteiger partial charge in [0.1, 0.15) is 18.5 Å². The summed E-state index contributed by atoms with van der Waals surface area (Å²) in [7, 11) is 1.28. The van der Waals surface area contributed by atoms with Crippen molar-refractivity contribution in [2.75, 3.05) is 51.1 Å². The van der Waals surface area contributed by atoms with Crippen LogP contribution in [0.25, 0.3) is 11.2 Å².